The van der Waals surface area contributed by atoms with E-state index in [1.807, 2.05) is 67.6 Å². The molecule has 186 valence electrons. The van der Waals surface area contributed by atoms with Gasteiger partial charge in [-0.15, -0.1) is 0 Å². The van der Waals surface area contributed by atoms with Crippen LogP contribution in [0.3, 0.4) is 0 Å². The highest BCUT2D eigenvalue weighted by Crippen LogP contribution is 2.45. The second-order valence-electron chi connectivity index (χ2n) is 8.91. The molecule has 2 aliphatic rings. The number of anilines is 2. The number of ketones is 1. The van der Waals surface area contributed by atoms with Gasteiger partial charge in [0.15, 0.2) is 17.3 Å². The van der Waals surface area contributed by atoms with E-state index in [1.165, 1.54) is 0 Å². The zero-order valence-electron chi connectivity index (χ0n) is 20.6. The lowest BCUT2D eigenvalue weighted by Crippen LogP contribution is -2.27. The van der Waals surface area contributed by atoms with Gasteiger partial charge in [0, 0.05) is 17.7 Å². The Balaban J connectivity index is 1.56. The van der Waals surface area contributed by atoms with E-state index in [2.05, 4.69) is 26.6 Å². The molecule has 0 saturated carbocycles. The molecule has 0 saturated heterocycles. The third kappa shape index (κ3) is 4.55. The molecule has 1 aliphatic carbocycles. The molecule has 6 nitrogen and oxygen atoms in total. The van der Waals surface area contributed by atoms with Crippen LogP contribution in [0.5, 0.6) is 17.2 Å². The van der Waals surface area contributed by atoms with Crippen molar-refractivity contribution in [3.05, 3.63) is 87.5 Å². The Kier molecular flexibility index (Phi) is 6.92. The van der Waals surface area contributed by atoms with Crippen molar-refractivity contribution in [1.29, 1.82) is 0 Å². The predicted octanol–water partition coefficient (Wildman–Crippen LogP) is 6.84. The van der Waals surface area contributed by atoms with E-state index >= 15 is 0 Å². The fourth-order valence-electron chi connectivity index (χ4n) is 5.05. The lowest BCUT2D eigenvalue weighted by atomic mass is 9.78. The molecule has 0 fully saturated rings. The van der Waals surface area contributed by atoms with Crippen LogP contribution in [-0.4, -0.2) is 26.6 Å². The van der Waals surface area contributed by atoms with Crippen molar-refractivity contribution in [2.45, 2.75) is 31.7 Å². The number of allylic oxidation sites excluding steroid dienone is 1. The second kappa shape index (κ2) is 10.3. The lowest BCUT2D eigenvalue weighted by molar-refractivity contribution is -0.116. The van der Waals surface area contributed by atoms with Crippen LogP contribution in [0.2, 0.25) is 0 Å². The summed E-state index contributed by atoms with van der Waals surface area (Å²) in [4.78, 5) is 13.8. The number of halogens is 1. The van der Waals surface area contributed by atoms with E-state index in [0.717, 1.165) is 44.0 Å². The van der Waals surface area contributed by atoms with Crippen LogP contribution in [0.4, 0.5) is 11.4 Å². The first-order chi connectivity index (χ1) is 17.5. The van der Waals surface area contributed by atoms with Gasteiger partial charge < -0.3 is 24.8 Å². The van der Waals surface area contributed by atoms with Gasteiger partial charge >= 0.3 is 0 Å². The van der Waals surface area contributed by atoms with Crippen molar-refractivity contribution in [3.8, 4) is 17.2 Å². The summed E-state index contributed by atoms with van der Waals surface area (Å²) in [5.41, 5.74) is 5.68. The quantitative estimate of drug-likeness (QED) is 0.351. The minimum Gasteiger partial charge on any atom is -0.496 e. The van der Waals surface area contributed by atoms with Gasteiger partial charge in [0.1, 0.15) is 5.75 Å². The Morgan fingerprint density at radius 2 is 1.61 bits per heavy atom. The van der Waals surface area contributed by atoms with Crippen molar-refractivity contribution >= 4 is 33.1 Å². The molecule has 36 heavy (non-hydrogen) atoms. The molecular formula is C29H29BrN2O4. The number of methoxy groups -OCH3 is 2. The van der Waals surface area contributed by atoms with Crippen molar-refractivity contribution in [1.82, 2.24) is 0 Å². The van der Waals surface area contributed by atoms with E-state index in [0.29, 0.717) is 30.9 Å². The molecule has 3 aromatic rings. The largest absolute Gasteiger partial charge is 0.496 e. The van der Waals surface area contributed by atoms with Crippen LogP contribution in [0.25, 0.3) is 0 Å². The van der Waals surface area contributed by atoms with Crippen LogP contribution in [0, 0.1) is 0 Å². The third-order valence-corrected chi connectivity index (χ3v) is 7.40. The summed E-state index contributed by atoms with van der Waals surface area (Å²) < 4.78 is 17.5. The van der Waals surface area contributed by atoms with Crippen molar-refractivity contribution in [2.24, 2.45) is 0 Å². The molecule has 3 aromatic carbocycles. The summed E-state index contributed by atoms with van der Waals surface area (Å²) in [6.45, 7) is 2.51. The highest BCUT2D eigenvalue weighted by Gasteiger charge is 2.36. The van der Waals surface area contributed by atoms with Gasteiger partial charge in [-0.2, -0.15) is 0 Å². The minimum atomic E-state index is -0.290. The maximum atomic E-state index is 13.8. The monoisotopic (exact) mass is 548 g/mol. The first-order valence-corrected chi connectivity index (χ1v) is 12.8. The topological polar surface area (TPSA) is 68.8 Å². The first kappa shape index (κ1) is 24.3. The number of Topliss-reactive ketones (excluding diaryl/α,β-unsaturated/α-hetero) is 1. The summed E-state index contributed by atoms with van der Waals surface area (Å²) >= 11 is 3.61. The third-order valence-electron chi connectivity index (χ3n) is 6.78. The summed E-state index contributed by atoms with van der Waals surface area (Å²) in [6, 6.07) is 19.7. The summed E-state index contributed by atoms with van der Waals surface area (Å²) in [5, 5.41) is 7.22. The highest BCUT2D eigenvalue weighted by molar-refractivity contribution is 9.10. The molecule has 2 atom stereocenters. The number of para-hydroxylation sites is 2. The molecule has 0 amide bonds. The van der Waals surface area contributed by atoms with Gasteiger partial charge in [-0.1, -0.05) is 24.3 Å². The summed E-state index contributed by atoms with van der Waals surface area (Å²) in [7, 11) is 3.28. The van der Waals surface area contributed by atoms with Crippen molar-refractivity contribution in [2.75, 3.05) is 31.5 Å². The van der Waals surface area contributed by atoms with Gasteiger partial charge in [-0.05, 0) is 82.7 Å². The Bertz CT molecular complexity index is 1340. The zero-order valence-corrected chi connectivity index (χ0v) is 22.1. The molecule has 1 heterocycles. The average Bonchev–Trinajstić information content (AvgIpc) is 3.06. The molecule has 1 aliphatic heterocycles. The second-order valence-corrected chi connectivity index (χ2v) is 9.76. The number of benzene rings is 3. The van der Waals surface area contributed by atoms with Crippen LogP contribution in [-0.2, 0) is 4.79 Å². The van der Waals surface area contributed by atoms with E-state index in [9.17, 15) is 4.79 Å². The number of carbonyl (C=O) groups is 1. The SMILES string of the molecule is CCOc1ccc([C@H]2CC(=O)C3=C(C2)Nc2ccccc2N[C@H]3c2ccc(OC)c(Br)c2)cc1OC. The molecule has 7 heteroatoms. The van der Waals surface area contributed by atoms with Gasteiger partial charge in [-0.3, -0.25) is 4.79 Å². The van der Waals surface area contributed by atoms with Gasteiger partial charge in [0.05, 0.1) is 42.7 Å². The number of rotatable bonds is 6. The van der Waals surface area contributed by atoms with Crippen LogP contribution >= 0.6 is 15.9 Å². The molecular weight excluding hydrogens is 520 g/mol. The predicted molar refractivity (Wildman–Crippen MR) is 145 cm³/mol. The maximum Gasteiger partial charge on any atom is 0.163 e. The zero-order chi connectivity index (χ0) is 25.2. The molecule has 0 aromatic heterocycles. The van der Waals surface area contributed by atoms with Crippen LogP contribution in [0.1, 0.15) is 42.9 Å². The first-order valence-electron chi connectivity index (χ1n) is 12.0. The Morgan fingerprint density at radius 3 is 2.33 bits per heavy atom. The molecule has 0 radical (unpaired) electrons. The normalized spacial score (nSPS) is 18.8. The number of hydrogen-bond acceptors (Lipinski definition) is 6. The fourth-order valence-corrected chi connectivity index (χ4v) is 5.61. The van der Waals surface area contributed by atoms with Crippen molar-refractivity contribution in [3.63, 3.8) is 0 Å². The Morgan fingerprint density at radius 1 is 0.889 bits per heavy atom. The van der Waals surface area contributed by atoms with Gasteiger partial charge in [-0.25, -0.2) is 0 Å². The fraction of sp³-hybridized carbons (Fsp3) is 0.276. The summed E-state index contributed by atoms with van der Waals surface area (Å²) in [6.07, 6.45) is 1.13. The number of hydrogen-bond donors (Lipinski definition) is 2. The average molecular weight is 549 g/mol. The van der Waals surface area contributed by atoms with Crippen LogP contribution < -0.4 is 24.8 Å². The van der Waals surface area contributed by atoms with Crippen LogP contribution in [0.15, 0.2) is 76.4 Å². The molecule has 0 unspecified atom stereocenters. The highest BCUT2D eigenvalue weighted by atomic mass is 79.9. The van der Waals surface area contributed by atoms with E-state index in [1.54, 1.807) is 14.2 Å². The lowest BCUT2D eigenvalue weighted by Gasteiger charge is -2.30. The smallest absolute Gasteiger partial charge is 0.163 e. The Hall–Kier alpha value is -3.45. The van der Waals surface area contributed by atoms with E-state index < -0.39 is 0 Å². The van der Waals surface area contributed by atoms with Gasteiger partial charge in [0.2, 0.25) is 0 Å². The van der Waals surface area contributed by atoms with Crippen molar-refractivity contribution < 1.29 is 19.0 Å². The number of carbonyl (C=O) groups excluding carboxylic acids is 1. The molecule has 0 bridgehead atoms. The standard InChI is InChI=1S/C29H29BrN2O4/c1-4-36-26-12-9-17(16-27(26)35-3)19-14-23-28(24(33)15-19)29(18-10-11-25(34-2)20(30)13-18)32-22-8-6-5-7-21(22)31-23/h5-13,16,19,29,31-32H,4,14-15H2,1-3H3/t19-,29+/m1/s1. The summed E-state index contributed by atoms with van der Waals surface area (Å²) in [5.74, 6) is 2.30. The van der Waals surface area contributed by atoms with Gasteiger partial charge in [0.25, 0.3) is 0 Å². The van der Waals surface area contributed by atoms with E-state index in [4.69, 9.17) is 14.2 Å². The maximum absolute atomic E-state index is 13.8. The van der Waals surface area contributed by atoms with E-state index in [-0.39, 0.29) is 17.7 Å². The number of fused-ring (bicyclic) bond motifs is 1. The molecule has 5 rings (SSSR count). The number of nitrogens with one attached hydrogen (secondary N) is 2. The molecule has 2 N–H and O–H groups in total. The molecule has 0 spiro atoms. The number of ether oxygens (including phenoxy) is 3. The Labute approximate surface area is 219 Å². The minimum absolute atomic E-state index is 0.0295.